The number of fused-ring (bicyclic) bond motifs is 2. The summed E-state index contributed by atoms with van der Waals surface area (Å²) in [5.74, 6) is 0.405. The molecule has 3 aromatic rings. The minimum atomic E-state index is -0.944. The first-order valence-electron chi connectivity index (χ1n) is 7.08. The number of hydrogen-bond acceptors (Lipinski definition) is 3. The number of aromatic nitrogens is 1. The molecule has 2 aromatic carbocycles. The Morgan fingerprint density at radius 2 is 2.09 bits per heavy atom. The molecule has 4 rings (SSSR count). The minimum Gasteiger partial charge on any atom is -0.478 e. The van der Waals surface area contributed by atoms with Gasteiger partial charge in [0.05, 0.1) is 11.8 Å². The van der Waals surface area contributed by atoms with Crippen LogP contribution >= 0.6 is 0 Å². The number of para-hydroxylation sites is 2. The summed E-state index contributed by atoms with van der Waals surface area (Å²) in [6, 6.07) is 12.6. The van der Waals surface area contributed by atoms with Gasteiger partial charge in [-0.05, 0) is 30.3 Å². The van der Waals surface area contributed by atoms with E-state index < -0.39 is 5.97 Å². The number of carbonyl (C=O) groups is 1. The maximum atomic E-state index is 11.0. The zero-order chi connectivity index (χ0) is 15.8. The molecule has 2 N–H and O–H groups in total. The first-order chi connectivity index (χ1) is 11.2. The highest BCUT2D eigenvalue weighted by molar-refractivity contribution is 5.98. The molecule has 0 aliphatic carbocycles. The molecule has 1 aromatic heterocycles. The number of hydrogen-bond donors (Lipinski definition) is 2. The lowest BCUT2D eigenvalue weighted by Crippen LogP contribution is -2.00. The predicted molar refractivity (Wildman–Crippen MR) is 88.5 cm³/mol. The van der Waals surface area contributed by atoms with Gasteiger partial charge >= 0.3 is 5.97 Å². The number of H-pyrrole nitrogens is 1. The molecule has 5 nitrogen and oxygen atoms in total. The van der Waals surface area contributed by atoms with Crippen LogP contribution in [0.3, 0.4) is 0 Å². The molecule has 0 bridgehead atoms. The lowest BCUT2D eigenvalue weighted by atomic mass is 10.1. The van der Waals surface area contributed by atoms with E-state index in [0.717, 1.165) is 22.2 Å². The second kappa shape index (κ2) is 5.14. The molecular weight excluding hydrogens is 292 g/mol. The summed E-state index contributed by atoms with van der Waals surface area (Å²) in [4.78, 5) is 18.5. The van der Waals surface area contributed by atoms with Gasteiger partial charge in [0.2, 0.25) is 0 Å². The molecule has 1 aliphatic heterocycles. The van der Waals surface area contributed by atoms with Crippen molar-refractivity contribution in [1.29, 1.82) is 0 Å². The molecule has 0 atom stereocenters. The van der Waals surface area contributed by atoms with Crippen molar-refractivity contribution in [1.82, 2.24) is 4.98 Å². The fourth-order valence-electron chi connectivity index (χ4n) is 2.56. The number of aromatic amines is 1. The summed E-state index contributed by atoms with van der Waals surface area (Å²) in [7, 11) is 0. The van der Waals surface area contributed by atoms with Crippen molar-refractivity contribution in [3.63, 3.8) is 0 Å². The van der Waals surface area contributed by atoms with Crippen molar-refractivity contribution in [3.05, 3.63) is 65.5 Å². The van der Waals surface area contributed by atoms with Crippen LogP contribution < -0.4 is 4.74 Å². The maximum absolute atomic E-state index is 11.0. The Labute approximate surface area is 131 Å². The first-order valence-corrected chi connectivity index (χ1v) is 7.08. The summed E-state index contributed by atoms with van der Waals surface area (Å²) in [5, 5.41) is 9.97. The zero-order valence-electron chi connectivity index (χ0n) is 12.0. The van der Waals surface area contributed by atoms with Crippen LogP contribution in [0.15, 0.2) is 59.4 Å². The Morgan fingerprint density at radius 3 is 2.96 bits per heavy atom. The molecule has 0 unspecified atom stereocenters. The van der Waals surface area contributed by atoms with Crippen LogP contribution in [0.2, 0.25) is 0 Å². The van der Waals surface area contributed by atoms with Gasteiger partial charge in [-0.25, -0.2) is 9.79 Å². The molecular formula is C18H12N2O3. The van der Waals surface area contributed by atoms with E-state index in [9.17, 15) is 4.79 Å². The van der Waals surface area contributed by atoms with Crippen LogP contribution in [0.1, 0.15) is 15.9 Å². The zero-order valence-corrected chi connectivity index (χ0v) is 12.0. The summed E-state index contributed by atoms with van der Waals surface area (Å²) in [5.41, 5.74) is 2.74. The van der Waals surface area contributed by atoms with E-state index in [4.69, 9.17) is 9.84 Å². The molecule has 0 fully saturated rings. The van der Waals surface area contributed by atoms with Crippen LogP contribution in [0.5, 0.6) is 5.75 Å². The topological polar surface area (TPSA) is 74.7 Å². The fraction of sp³-hybridized carbons (Fsp3) is 0. The average Bonchev–Trinajstić information content (AvgIpc) is 2.97. The number of allylic oxidation sites excluding steroid dienone is 1. The highest BCUT2D eigenvalue weighted by Crippen LogP contribution is 2.32. The van der Waals surface area contributed by atoms with E-state index in [2.05, 4.69) is 9.98 Å². The van der Waals surface area contributed by atoms with Crippen molar-refractivity contribution >= 4 is 34.9 Å². The van der Waals surface area contributed by atoms with E-state index in [1.807, 2.05) is 36.5 Å². The fourth-order valence-corrected chi connectivity index (χ4v) is 2.56. The number of nitrogens with zero attached hydrogens (tertiary/aromatic N) is 1. The van der Waals surface area contributed by atoms with Crippen molar-refractivity contribution < 1.29 is 14.6 Å². The van der Waals surface area contributed by atoms with E-state index >= 15 is 0 Å². The lowest BCUT2D eigenvalue weighted by molar-refractivity contribution is 0.0697. The van der Waals surface area contributed by atoms with Crippen molar-refractivity contribution in [2.75, 3.05) is 0 Å². The molecule has 0 radical (unpaired) electrons. The molecule has 0 spiro atoms. The Hall–Kier alpha value is -3.34. The minimum absolute atomic E-state index is 0.253. The van der Waals surface area contributed by atoms with Gasteiger partial charge in [0, 0.05) is 22.7 Å². The van der Waals surface area contributed by atoms with Gasteiger partial charge in [-0.2, -0.15) is 0 Å². The predicted octanol–water partition coefficient (Wildman–Crippen LogP) is 4.00. The van der Waals surface area contributed by atoms with Gasteiger partial charge in [-0.1, -0.05) is 18.2 Å². The number of nitrogens with one attached hydrogen (secondary N) is 1. The normalized spacial score (nSPS) is 14.7. The molecule has 1 aliphatic rings. The summed E-state index contributed by atoms with van der Waals surface area (Å²) < 4.78 is 5.82. The second-order valence-corrected chi connectivity index (χ2v) is 5.18. The third-order valence-corrected chi connectivity index (χ3v) is 3.68. The van der Waals surface area contributed by atoms with Crippen molar-refractivity contribution in [2.45, 2.75) is 0 Å². The highest BCUT2D eigenvalue weighted by atomic mass is 16.5. The number of carboxylic acids is 1. The smallest absolute Gasteiger partial charge is 0.335 e. The Bertz CT molecular complexity index is 983. The van der Waals surface area contributed by atoms with Gasteiger partial charge in [-0.3, -0.25) is 0 Å². The molecule has 112 valence electrons. The van der Waals surface area contributed by atoms with Gasteiger partial charge in [0.25, 0.3) is 0 Å². The lowest BCUT2D eigenvalue weighted by Gasteiger charge is -2.13. The third-order valence-electron chi connectivity index (χ3n) is 3.68. The van der Waals surface area contributed by atoms with E-state index in [-0.39, 0.29) is 5.56 Å². The number of aromatic carboxylic acids is 1. The van der Waals surface area contributed by atoms with Gasteiger partial charge < -0.3 is 14.8 Å². The number of aliphatic imine (C=N–C) groups is 1. The van der Waals surface area contributed by atoms with Gasteiger partial charge in [-0.15, -0.1) is 0 Å². The first kappa shape index (κ1) is 13.3. The van der Waals surface area contributed by atoms with Gasteiger partial charge in [0.1, 0.15) is 11.4 Å². The second-order valence-electron chi connectivity index (χ2n) is 5.18. The van der Waals surface area contributed by atoms with Crippen molar-refractivity contribution in [3.8, 4) is 5.75 Å². The Kier molecular flexibility index (Phi) is 2.98. The summed E-state index contributed by atoms with van der Waals surface area (Å²) in [6.07, 6.45) is 5.37. The largest absolute Gasteiger partial charge is 0.478 e. The number of rotatable bonds is 2. The molecule has 0 amide bonds. The Balaban J connectivity index is 1.72. The SMILES string of the molecule is O=C(O)c1ccc2c(/C=C3/C=Nc4ccccc4O3)c[nH]c2c1. The molecule has 0 saturated heterocycles. The quantitative estimate of drug-likeness (QED) is 0.751. The van der Waals surface area contributed by atoms with Crippen LogP contribution in [0.25, 0.3) is 17.0 Å². The van der Waals surface area contributed by atoms with E-state index in [1.54, 1.807) is 24.4 Å². The average molecular weight is 304 g/mol. The van der Waals surface area contributed by atoms with Crippen LogP contribution in [-0.4, -0.2) is 22.3 Å². The van der Waals surface area contributed by atoms with Crippen LogP contribution in [-0.2, 0) is 0 Å². The summed E-state index contributed by atoms with van der Waals surface area (Å²) in [6.45, 7) is 0. The number of ether oxygens (including phenoxy) is 1. The molecule has 5 heteroatoms. The highest BCUT2D eigenvalue weighted by Gasteiger charge is 2.11. The molecule has 23 heavy (non-hydrogen) atoms. The van der Waals surface area contributed by atoms with Crippen LogP contribution in [0.4, 0.5) is 5.69 Å². The molecule has 0 saturated carbocycles. The monoisotopic (exact) mass is 304 g/mol. The van der Waals surface area contributed by atoms with E-state index in [0.29, 0.717) is 11.5 Å². The molecule has 2 heterocycles. The number of benzene rings is 2. The standard InChI is InChI=1S/C18H12N2O3/c21-18(22)11-5-6-14-12(9-19-16(14)8-11)7-13-10-20-15-3-1-2-4-17(15)23-13/h1-10,19H,(H,21,22)/b13-7-. The maximum Gasteiger partial charge on any atom is 0.335 e. The Morgan fingerprint density at radius 1 is 1.22 bits per heavy atom. The van der Waals surface area contributed by atoms with Crippen LogP contribution in [0, 0.1) is 0 Å². The van der Waals surface area contributed by atoms with E-state index in [1.165, 1.54) is 0 Å². The van der Waals surface area contributed by atoms with Gasteiger partial charge in [0.15, 0.2) is 5.75 Å². The third kappa shape index (κ3) is 2.38. The number of carboxylic acid groups (broad SMARTS) is 1. The summed E-state index contributed by atoms with van der Waals surface area (Å²) >= 11 is 0. The van der Waals surface area contributed by atoms with Crippen molar-refractivity contribution in [2.24, 2.45) is 4.99 Å².